The van der Waals surface area contributed by atoms with E-state index in [0.29, 0.717) is 43.3 Å². The number of hydrogen-bond acceptors (Lipinski definition) is 11. The lowest BCUT2D eigenvalue weighted by Gasteiger charge is -2.31. The van der Waals surface area contributed by atoms with Crippen molar-refractivity contribution in [2.75, 3.05) is 39.7 Å². The number of ether oxygens (including phenoxy) is 6. The molecule has 14 nitrogen and oxygen atoms in total. The molecule has 0 bridgehead atoms. The number of aliphatic hydroxyl groups excluding tert-OH is 1. The van der Waals surface area contributed by atoms with E-state index in [1.807, 2.05) is 13.8 Å². The summed E-state index contributed by atoms with van der Waals surface area (Å²) in [5.41, 5.74) is 5.93. The first kappa shape index (κ1) is 34.7. The molecule has 2 aromatic carbocycles. The third-order valence-corrected chi connectivity index (χ3v) is 10.00. The molecule has 3 aliphatic rings. The molecule has 0 radical (unpaired) electrons. The Morgan fingerprint density at radius 1 is 1.09 bits per heavy atom. The summed E-state index contributed by atoms with van der Waals surface area (Å²) in [5.74, 6) is 0.814. The van der Waals surface area contributed by atoms with Gasteiger partial charge in [-0.05, 0) is 55.0 Å². The molecule has 2 saturated heterocycles. The molecule has 5 unspecified atom stereocenters. The summed E-state index contributed by atoms with van der Waals surface area (Å²) < 4.78 is 62.2. The van der Waals surface area contributed by atoms with E-state index in [-0.39, 0.29) is 56.1 Å². The van der Waals surface area contributed by atoms with Crippen LogP contribution >= 0.6 is 0 Å². The molecule has 15 heteroatoms. The molecule has 2 aromatic rings. The number of benzene rings is 2. The number of nitrogens with zero attached hydrogens (tertiary/aromatic N) is 1. The maximum atomic E-state index is 13.9. The highest BCUT2D eigenvalue weighted by Gasteiger charge is 2.44. The molecule has 5 atom stereocenters. The Balaban J connectivity index is 1.31. The van der Waals surface area contributed by atoms with Crippen LogP contribution in [0.5, 0.6) is 17.2 Å². The summed E-state index contributed by atoms with van der Waals surface area (Å²) in [5, 5.41) is 14.4. The van der Waals surface area contributed by atoms with E-state index in [4.69, 9.17) is 34.2 Å². The summed E-state index contributed by atoms with van der Waals surface area (Å²) in [4.78, 5) is 24.2. The van der Waals surface area contributed by atoms with Gasteiger partial charge in [0.15, 0.2) is 17.8 Å². The van der Waals surface area contributed by atoms with Crippen molar-refractivity contribution in [2.45, 2.75) is 69.0 Å². The zero-order valence-electron chi connectivity index (χ0n) is 26.5. The highest BCUT2D eigenvalue weighted by atomic mass is 32.2. The number of aliphatic hydroxyl groups is 1. The van der Waals surface area contributed by atoms with Gasteiger partial charge < -0.3 is 44.6 Å². The van der Waals surface area contributed by atoms with Crippen LogP contribution in [0.25, 0.3) is 0 Å². The number of amides is 2. The van der Waals surface area contributed by atoms with E-state index in [1.54, 1.807) is 24.3 Å². The average Bonchev–Trinajstić information content (AvgIpc) is 3.78. The van der Waals surface area contributed by atoms with Gasteiger partial charge in [0.2, 0.25) is 22.7 Å². The van der Waals surface area contributed by atoms with Crippen molar-refractivity contribution < 1.29 is 51.5 Å². The van der Waals surface area contributed by atoms with Gasteiger partial charge >= 0.3 is 6.09 Å². The largest absolute Gasteiger partial charge is 0.494 e. The Kier molecular flexibility index (Phi) is 11.5. The molecule has 3 heterocycles. The van der Waals surface area contributed by atoms with E-state index >= 15 is 0 Å². The van der Waals surface area contributed by atoms with Crippen LogP contribution in [0.15, 0.2) is 47.4 Å². The van der Waals surface area contributed by atoms with Gasteiger partial charge in [-0.25, -0.2) is 13.2 Å². The van der Waals surface area contributed by atoms with Crippen LogP contribution < -0.4 is 25.3 Å². The fourth-order valence-electron chi connectivity index (χ4n) is 5.77. The topological polar surface area (TPSA) is 185 Å². The van der Waals surface area contributed by atoms with Crippen molar-refractivity contribution in [2.24, 2.45) is 17.6 Å². The number of sulfonamides is 1. The van der Waals surface area contributed by atoms with Gasteiger partial charge in [-0.15, -0.1) is 0 Å². The average molecular weight is 678 g/mol. The molecule has 2 fully saturated rings. The number of fused-ring (bicyclic) bond motifs is 2. The van der Waals surface area contributed by atoms with Crippen molar-refractivity contribution in [3.8, 4) is 17.2 Å². The third kappa shape index (κ3) is 9.05. The van der Waals surface area contributed by atoms with Gasteiger partial charge in [-0.3, -0.25) is 4.79 Å². The molecule has 0 aliphatic carbocycles. The maximum Gasteiger partial charge on any atom is 0.407 e. The maximum absolute atomic E-state index is 13.9. The number of alkyl carbamates (subject to hydrolysis) is 1. The number of nitrogens with one attached hydrogen (secondary N) is 1. The van der Waals surface area contributed by atoms with Gasteiger partial charge in [0, 0.05) is 25.6 Å². The minimum atomic E-state index is -4.08. The predicted octanol–water partition coefficient (Wildman–Crippen LogP) is 2.17. The summed E-state index contributed by atoms with van der Waals surface area (Å²) in [6.07, 6.45) is -1.41. The van der Waals surface area contributed by atoms with E-state index < -0.39 is 46.6 Å². The minimum absolute atomic E-state index is 0.000457. The quantitative estimate of drug-likeness (QED) is 0.221. The van der Waals surface area contributed by atoms with E-state index in [0.717, 1.165) is 5.56 Å². The first-order chi connectivity index (χ1) is 22.5. The molecular weight excluding hydrogens is 634 g/mol. The van der Waals surface area contributed by atoms with E-state index in [2.05, 4.69) is 5.32 Å². The van der Waals surface area contributed by atoms with Gasteiger partial charge in [-0.1, -0.05) is 26.0 Å². The number of nitrogens with two attached hydrogens (primary N) is 1. The predicted molar refractivity (Wildman–Crippen MR) is 167 cm³/mol. The SMILES string of the molecule is CC(C)CN(CC(O)C(Cc1ccc(OCCCC(N)=O)cc1)NC(=O)OC1COC2OCCC12)S(=O)(=O)c1ccc2c(c1)OCO2. The molecule has 2 amide bonds. The molecule has 47 heavy (non-hydrogen) atoms. The minimum Gasteiger partial charge on any atom is -0.494 e. The molecule has 0 aromatic heterocycles. The van der Waals surface area contributed by atoms with Gasteiger partial charge in [-0.2, -0.15) is 4.31 Å². The molecule has 258 valence electrons. The fourth-order valence-corrected chi connectivity index (χ4v) is 7.40. The highest BCUT2D eigenvalue weighted by Crippen LogP contribution is 2.35. The lowest BCUT2D eigenvalue weighted by molar-refractivity contribution is -0.118. The lowest BCUT2D eigenvalue weighted by atomic mass is 10.0. The first-order valence-corrected chi connectivity index (χ1v) is 17.2. The van der Waals surface area contributed by atoms with Crippen LogP contribution in [0, 0.1) is 11.8 Å². The van der Waals surface area contributed by atoms with Crippen LogP contribution in [0.2, 0.25) is 0 Å². The van der Waals surface area contributed by atoms with Crippen LogP contribution in [-0.4, -0.2) is 94.1 Å². The molecule has 5 rings (SSSR count). The zero-order chi connectivity index (χ0) is 33.6. The van der Waals surface area contributed by atoms with Crippen molar-refractivity contribution in [3.63, 3.8) is 0 Å². The van der Waals surface area contributed by atoms with Gasteiger partial charge in [0.1, 0.15) is 11.9 Å². The second kappa shape index (κ2) is 15.5. The number of rotatable bonds is 16. The molecular formula is C32H43N3O11S. The smallest absolute Gasteiger partial charge is 0.407 e. The van der Waals surface area contributed by atoms with Crippen molar-refractivity contribution in [1.82, 2.24) is 9.62 Å². The second-order valence-electron chi connectivity index (χ2n) is 12.3. The van der Waals surface area contributed by atoms with E-state index in [1.165, 1.54) is 22.5 Å². The molecule has 4 N–H and O–H groups in total. The van der Waals surface area contributed by atoms with Crippen LogP contribution in [0.4, 0.5) is 4.79 Å². The fraction of sp³-hybridized carbons (Fsp3) is 0.562. The monoisotopic (exact) mass is 677 g/mol. The molecule has 0 spiro atoms. The Labute approximate surface area is 274 Å². The Morgan fingerprint density at radius 3 is 2.60 bits per heavy atom. The number of carbonyl (C=O) groups is 2. The third-order valence-electron chi connectivity index (χ3n) is 8.17. The lowest BCUT2D eigenvalue weighted by Crippen LogP contribution is -2.51. The number of primary amides is 1. The first-order valence-electron chi connectivity index (χ1n) is 15.8. The second-order valence-corrected chi connectivity index (χ2v) is 14.2. The summed E-state index contributed by atoms with van der Waals surface area (Å²) in [6.45, 7) is 4.62. The highest BCUT2D eigenvalue weighted by molar-refractivity contribution is 7.89. The standard InChI is InChI=1S/C32H43N3O11S/c1-20(2)16-35(47(39,40)23-9-10-27-28(15-23)45-19-44-27)17-26(36)25(34-32(38)46-29-18-43-31-24(29)11-13-42-31)14-21-5-7-22(8-6-21)41-12-3-4-30(33)37/h5-10,15,20,24-26,29,31,36H,3-4,11-14,16-19H2,1-2H3,(H2,33,37)(H,34,38). The van der Waals surface area contributed by atoms with Crippen molar-refractivity contribution in [3.05, 3.63) is 48.0 Å². The Bertz CT molecular complexity index is 1490. The Hall–Kier alpha value is -3.63. The van der Waals surface area contributed by atoms with Crippen molar-refractivity contribution >= 4 is 22.0 Å². The number of hydrogen-bond donors (Lipinski definition) is 3. The van der Waals surface area contributed by atoms with Crippen molar-refractivity contribution in [1.29, 1.82) is 0 Å². The normalized spacial score (nSPS) is 21.4. The Morgan fingerprint density at radius 2 is 1.85 bits per heavy atom. The van der Waals surface area contributed by atoms with Gasteiger partial charge in [0.25, 0.3) is 0 Å². The van der Waals surface area contributed by atoms with Crippen LogP contribution in [-0.2, 0) is 35.4 Å². The number of carbonyl (C=O) groups excluding carboxylic acids is 2. The van der Waals surface area contributed by atoms with Crippen LogP contribution in [0.3, 0.4) is 0 Å². The zero-order valence-corrected chi connectivity index (χ0v) is 27.4. The summed E-state index contributed by atoms with van der Waals surface area (Å²) in [6, 6.07) is 10.5. The summed E-state index contributed by atoms with van der Waals surface area (Å²) >= 11 is 0. The molecule has 3 aliphatic heterocycles. The van der Waals surface area contributed by atoms with Crippen LogP contribution in [0.1, 0.15) is 38.7 Å². The summed E-state index contributed by atoms with van der Waals surface area (Å²) in [7, 11) is -4.08. The van der Waals surface area contributed by atoms with E-state index in [9.17, 15) is 23.1 Å². The molecule has 0 saturated carbocycles. The van der Waals surface area contributed by atoms with Gasteiger partial charge in [0.05, 0.1) is 42.8 Å².